The lowest BCUT2D eigenvalue weighted by molar-refractivity contribution is 0.0735. The van der Waals surface area contributed by atoms with Gasteiger partial charge in [0.2, 0.25) is 0 Å². The summed E-state index contributed by atoms with van der Waals surface area (Å²) in [5.74, 6) is 1.56. The first-order chi connectivity index (χ1) is 20.0. The minimum Gasteiger partial charge on any atom is -0.493 e. The molecular formula is C33H24O8. The van der Waals surface area contributed by atoms with Crippen molar-refractivity contribution in [2.75, 3.05) is 21.3 Å². The van der Waals surface area contributed by atoms with E-state index in [1.807, 2.05) is 48.5 Å². The molecule has 8 heteroatoms. The van der Waals surface area contributed by atoms with Gasteiger partial charge < -0.3 is 27.8 Å². The Morgan fingerprint density at radius 3 is 2.20 bits per heavy atom. The van der Waals surface area contributed by atoms with E-state index in [2.05, 4.69) is 0 Å². The number of fused-ring (bicyclic) bond motifs is 2. The maximum Gasteiger partial charge on any atom is 0.343 e. The van der Waals surface area contributed by atoms with Crippen molar-refractivity contribution in [3.05, 3.63) is 107 Å². The SMILES string of the molecule is COc1ccc(C(=O)Oc2cc3c(-c4cc5cccc(OC)c5o4)cc(=O)oc3cc2-c2ccccc2)cc1OC. The van der Waals surface area contributed by atoms with Crippen LogP contribution in [0.5, 0.6) is 23.0 Å². The van der Waals surface area contributed by atoms with E-state index in [1.54, 1.807) is 43.5 Å². The van der Waals surface area contributed by atoms with Crippen molar-refractivity contribution in [1.29, 1.82) is 0 Å². The highest BCUT2D eigenvalue weighted by molar-refractivity contribution is 6.00. The van der Waals surface area contributed by atoms with E-state index < -0.39 is 11.6 Å². The second kappa shape index (κ2) is 10.6. The molecule has 2 aromatic heterocycles. The molecule has 204 valence electrons. The minimum absolute atomic E-state index is 0.269. The molecule has 2 heterocycles. The molecule has 6 rings (SSSR count). The largest absolute Gasteiger partial charge is 0.493 e. The van der Waals surface area contributed by atoms with Crippen molar-refractivity contribution >= 4 is 27.9 Å². The molecule has 0 N–H and O–H groups in total. The topological polar surface area (TPSA) is 97.3 Å². The van der Waals surface area contributed by atoms with Gasteiger partial charge in [0.1, 0.15) is 17.1 Å². The third kappa shape index (κ3) is 4.76. The predicted molar refractivity (Wildman–Crippen MR) is 154 cm³/mol. The first kappa shape index (κ1) is 25.8. The van der Waals surface area contributed by atoms with Gasteiger partial charge in [0.05, 0.1) is 26.9 Å². The number of furan rings is 1. The third-order valence-corrected chi connectivity index (χ3v) is 6.74. The highest BCUT2D eigenvalue weighted by Crippen LogP contribution is 2.40. The van der Waals surface area contributed by atoms with Crippen LogP contribution in [0, 0.1) is 0 Å². The Bertz CT molecular complexity index is 1970. The Hall–Kier alpha value is -5.50. The second-order valence-corrected chi connectivity index (χ2v) is 9.14. The van der Waals surface area contributed by atoms with E-state index >= 15 is 0 Å². The van der Waals surface area contributed by atoms with E-state index in [0.717, 1.165) is 10.9 Å². The Kier molecular flexibility index (Phi) is 6.65. The van der Waals surface area contributed by atoms with Gasteiger partial charge in [0.15, 0.2) is 22.8 Å². The molecule has 0 aliphatic heterocycles. The van der Waals surface area contributed by atoms with Gasteiger partial charge in [-0.15, -0.1) is 0 Å². The maximum atomic E-state index is 13.4. The maximum absolute atomic E-state index is 13.4. The molecule has 0 saturated heterocycles. The molecule has 0 fully saturated rings. The normalized spacial score (nSPS) is 11.0. The van der Waals surface area contributed by atoms with Gasteiger partial charge in [-0.1, -0.05) is 42.5 Å². The molecule has 0 spiro atoms. The Morgan fingerprint density at radius 2 is 1.44 bits per heavy atom. The minimum atomic E-state index is -0.602. The zero-order valence-corrected chi connectivity index (χ0v) is 22.4. The number of esters is 1. The lowest BCUT2D eigenvalue weighted by Gasteiger charge is -2.14. The van der Waals surface area contributed by atoms with Crippen molar-refractivity contribution in [1.82, 2.24) is 0 Å². The molecule has 41 heavy (non-hydrogen) atoms. The van der Waals surface area contributed by atoms with Crippen LogP contribution in [0.1, 0.15) is 10.4 Å². The number of hydrogen-bond acceptors (Lipinski definition) is 8. The van der Waals surface area contributed by atoms with Crippen LogP contribution in [-0.4, -0.2) is 27.3 Å². The summed E-state index contributed by atoms with van der Waals surface area (Å²) in [6, 6.07) is 26.3. The van der Waals surface area contributed by atoms with E-state index in [9.17, 15) is 9.59 Å². The van der Waals surface area contributed by atoms with Crippen molar-refractivity contribution < 1.29 is 32.6 Å². The summed E-state index contributed by atoms with van der Waals surface area (Å²) in [5, 5.41) is 1.33. The molecule has 0 amide bonds. The molecule has 0 saturated carbocycles. The number of rotatable bonds is 7. The summed E-state index contributed by atoms with van der Waals surface area (Å²) < 4.78 is 33.8. The summed E-state index contributed by atoms with van der Waals surface area (Å²) in [6.45, 7) is 0. The smallest absolute Gasteiger partial charge is 0.343 e. The number of carbonyl (C=O) groups is 1. The van der Waals surface area contributed by atoms with E-state index in [-0.39, 0.29) is 11.3 Å². The third-order valence-electron chi connectivity index (χ3n) is 6.74. The molecule has 8 nitrogen and oxygen atoms in total. The molecule has 0 bridgehead atoms. The van der Waals surface area contributed by atoms with Gasteiger partial charge in [-0.2, -0.15) is 0 Å². The van der Waals surface area contributed by atoms with Crippen molar-refractivity contribution in [2.24, 2.45) is 0 Å². The number of ether oxygens (including phenoxy) is 4. The van der Waals surface area contributed by atoms with Crippen LogP contribution in [0.15, 0.2) is 105 Å². The van der Waals surface area contributed by atoms with Gasteiger partial charge in [-0.25, -0.2) is 9.59 Å². The summed E-state index contributed by atoms with van der Waals surface area (Å²) in [4.78, 5) is 26.1. The zero-order valence-electron chi connectivity index (χ0n) is 22.4. The average molecular weight is 549 g/mol. The Balaban J connectivity index is 1.53. The highest BCUT2D eigenvalue weighted by atomic mass is 16.5. The summed E-state index contributed by atoms with van der Waals surface area (Å²) >= 11 is 0. The van der Waals surface area contributed by atoms with Crippen LogP contribution < -0.4 is 24.6 Å². The summed E-state index contributed by atoms with van der Waals surface area (Å²) in [5.41, 5.74) is 2.40. The number of hydrogen-bond donors (Lipinski definition) is 0. The fourth-order valence-electron chi connectivity index (χ4n) is 4.77. The standard InChI is InChI=1S/C33H24O8/c1-36-25-13-12-21(15-30(25)38-3)33(35)41-28-17-23-24(27-14-20-10-7-11-26(37-2)32(20)40-27)18-31(34)39-29(23)16-22(28)19-8-5-4-6-9-19/h4-18H,1-3H3. The van der Waals surface area contributed by atoms with Crippen LogP contribution in [0.3, 0.4) is 0 Å². The fraction of sp³-hybridized carbons (Fsp3) is 0.0909. The fourth-order valence-corrected chi connectivity index (χ4v) is 4.77. The number of methoxy groups -OCH3 is 3. The number of para-hydroxylation sites is 1. The van der Waals surface area contributed by atoms with E-state index in [0.29, 0.717) is 50.7 Å². The molecule has 0 radical (unpaired) electrons. The van der Waals surface area contributed by atoms with Gasteiger partial charge >= 0.3 is 11.6 Å². The summed E-state index contributed by atoms with van der Waals surface area (Å²) in [6.07, 6.45) is 0. The number of carbonyl (C=O) groups excluding carboxylic acids is 1. The average Bonchev–Trinajstić information content (AvgIpc) is 3.45. The lowest BCUT2D eigenvalue weighted by Crippen LogP contribution is -2.10. The lowest BCUT2D eigenvalue weighted by atomic mass is 10.00. The molecular weight excluding hydrogens is 524 g/mol. The van der Waals surface area contributed by atoms with Gasteiger partial charge in [-0.3, -0.25) is 0 Å². The Morgan fingerprint density at radius 1 is 0.659 bits per heavy atom. The van der Waals surface area contributed by atoms with E-state index in [1.165, 1.54) is 20.3 Å². The van der Waals surface area contributed by atoms with Gasteiger partial charge in [0.25, 0.3) is 0 Å². The van der Waals surface area contributed by atoms with Gasteiger partial charge in [0, 0.05) is 28.0 Å². The molecule has 6 aromatic rings. The van der Waals surface area contributed by atoms with E-state index in [4.69, 9.17) is 27.8 Å². The quantitative estimate of drug-likeness (QED) is 0.118. The molecule has 0 aliphatic rings. The van der Waals surface area contributed by atoms with Crippen molar-refractivity contribution in [2.45, 2.75) is 0 Å². The molecule has 4 aromatic carbocycles. The molecule has 0 aliphatic carbocycles. The highest BCUT2D eigenvalue weighted by Gasteiger charge is 2.21. The first-order valence-corrected chi connectivity index (χ1v) is 12.7. The monoisotopic (exact) mass is 548 g/mol. The molecule has 0 atom stereocenters. The van der Waals surface area contributed by atoms with Crippen LogP contribution >= 0.6 is 0 Å². The van der Waals surface area contributed by atoms with Crippen LogP contribution in [0.2, 0.25) is 0 Å². The molecule has 0 unspecified atom stereocenters. The second-order valence-electron chi connectivity index (χ2n) is 9.14. The zero-order chi connectivity index (χ0) is 28.5. The van der Waals surface area contributed by atoms with Crippen LogP contribution in [0.4, 0.5) is 0 Å². The van der Waals surface area contributed by atoms with Crippen molar-refractivity contribution in [3.63, 3.8) is 0 Å². The van der Waals surface area contributed by atoms with Gasteiger partial charge in [-0.05, 0) is 48.0 Å². The van der Waals surface area contributed by atoms with Crippen molar-refractivity contribution in [3.8, 4) is 45.4 Å². The van der Waals surface area contributed by atoms with Crippen LogP contribution in [0.25, 0.3) is 44.4 Å². The first-order valence-electron chi connectivity index (χ1n) is 12.7. The summed E-state index contributed by atoms with van der Waals surface area (Å²) in [7, 11) is 4.57. The number of benzene rings is 4. The van der Waals surface area contributed by atoms with Crippen LogP contribution in [-0.2, 0) is 0 Å². The Labute approximate surface area is 234 Å². The predicted octanol–water partition coefficient (Wildman–Crippen LogP) is 7.12.